The van der Waals surface area contributed by atoms with Crippen LogP contribution in [-0.2, 0) is 26.0 Å². The Morgan fingerprint density at radius 1 is 1.12 bits per heavy atom. The minimum Gasteiger partial charge on any atom is -0.435 e. The predicted octanol–water partition coefficient (Wildman–Crippen LogP) is 2.39. The number of benzene rings is 2. The zero-order chi connectivity index (χ0) is 23.0. The molecule has 3 rings (SSSR count). The molecule has 0 spiro atoms. The molecule has 0 radical (unpaired) electrons. The Morgan fingerprint density at radius 3 is 2.41 bits per heavy atom. The van der Waals surface area contributed by atoms with E-state index < -0.39 is 16.6 Å². The van der Waals surface area contributed by atoms with E-state index in [2.05, 4.69) is 15.3 Å². The molecule has 0 bridgehead atoms. The van der Waals surface area contributed by atoms with E-state index in [0.717, 1.165) is 5.56 Å². The summed E-state index contributed by atoms with van der Waals surface area (Å²) >= 11 is 0. The van der Waals surface area contributed by atoms with Crippen LogP contribution in [0.25, 0.3) is 0 Å². The summed E-state index contributed by atoms with van der Waals surface area (Å²) < 4.78 is 60.3. The molecule has 1 N–H and O–H groups in total. The van der Waals surface area contributed by atoms with Gasteiger partial charge in [-0.2, -0.15) is 18.2 Å². The van der Waals surface area contributed by atoms with Gasteiger partial charge in [-0.25, -0.2) is 13.8 Å². The predicted molar refractivity (Wildman–Crippen MR) is 113 cm³/mol. The van der Waals surface area contributed by atoms with Gasteiger partial charge in [-0.1, -0.05) is 12.1 Å². The number of hydrogen-bond donors (Lipinski definition) is 1. The van der Waals surface area contributed by atoms with Crippen LogP contribution >= 0.6 is 0 Å². The third-order valence-corrected chi connectivity index (χ3v) is 6.59. The van der Waals surface area contributed by atoms with E-state index in [1.807, 2.05) is 0 Å². The zero-order valence-electron chi connectivity index (χ0n) is 17.1. The van der Waals surface area contributed by atoms with Gasteiger partial charge in [0, 0.05) is 19.5 Å². The standard InChI is InChI=1S/C21H23F2N3O5S/c22-21(23)31-18-6-1-17(2-7-18)15-24-25-20(27)10-5-16-3-8-19(9-4-16)32(28,29)26-11-13-30-14-12-26/h1-4,6-9,15,21H,5,10-14H2,(H,25,27)/b24-15+. The molecule has 1 aliphatic rings. The number of alkyl halides is 2. The number of halogens is 2. The molecule has 1 amide bonds. The number of carbonyl (C=O) groups is 1. The highest BCUT2D eigenvalue weighted by Gasteiger charge is 2.26. The number of morpholine rings is 1. The van der Waals surface area contributed by atoms with Crippen LogP contribution in [0, 0.1) is 0 Å². The van der Waals surface area contributed by atoms with Crippen molar-refractivity contribution in [2.75, 3.05) is 26.3 Å². The number of amides is 1. The first-order valence-corrected chi connectivity index (χ1v) is 11.3. The summed E-state index contributed by atoms with van der Waals surface area (Å²) in [5.41, 5.74) is 3.81. The Balaban J connectivity index is 1.46. The molecule has 1 aliphatic heterocycles. The number of hydrazone groups is 1. The van der Waals surface area contributed by atoms with Gasteiger partial charge >= 0.3 is 6.61 Å². The molecule has 2 aromatic carbocycles. The molecular formula is C21H23F2N3O5S. The van der Waals surface area contributed by atoms with Gasteiger partial charge in [0.05, 0.1) is 24.3 Å². The molecule has 0 saturated carbocycles. The van der Waals surface area contributed by atoms with E-state index >= 15 is 0 Å². The Kier molecular flexibility index (Phi) is 8.26. The lowest BCUT2D eigenvalue weighted by Gasteiger charge is -2.26. The average Bonchev–Trinajstić information content (AvgIpc) is 2.79. The molecule has 0 aromatic heterocycles. The molecule has 0 aliphatic carbocycles. The van der Waals surface area contributed by atoms with Crippen LogP contribution in [0.15, 0.2) is 58.5 Å². The Morgan fingerprint density at radius 2 is 1.78 bits per heavy atom. The minimum atomic E-state index is -3.55. The molecule has 0 atom stereocenters. The van der Waals surface area contributed by atoms with Crippen molar-refractivity contribution >= 4 is 22.1 Å². The summed E-state index contributed by atoms with van der Waals surface area (Å²) in [6.45, 7) is -1.46. The fourth-order valence-corrected chi connectivity index (χ4v) is 4.40. The molecule has 32 heavy (non-hydrogen) atoms. The van der Waals surface area contributed by atoms with E-state index in [1.165, 1.54) is 46.9 Å². The van der Waals surface area contributed by atoms with Gasteiger partial charge < -0.3 is 9.47 Å². The maximum absolute atomic E-state index is 12.6. The van der Waals surface area contributed by atoms with Gasteiger partial charge in [0.1, 0.15) is 5.75 Å². The van der Waals surface area contributed by atoms with Crippen LogP contribution in [0.3, 0.4) is 0 Å². The fourth-order valence-electron chi connectivity index (χ4n) is 2.99. The molecule has 172 valence electrons. The van der Waals surface area contributed by atoms with Gasteiger partial charge in [-0.3, -0.25) is 4.79 Å². The van der Waals surface area contributed by atoms with Crippen LogP contribution in [-0.4, -0.2) is 57.8 Å². The second-order valence-corrected chi connectivity index (χ2v) is 8.84. The second kappa shape index (κ2) is 11.1. The number of aryl methyl sites for hydroxylation is 1. The zero-order valence-corrected chi connectivity index (χ0v) is 17.9. The van der Waals surface area contributed by atoms with Gasteiger partial charge in [0.15, 0.2) is 0 Å². The number of hydrogen-bond acceptors (Lipinski definition) is 6. The number of rotatable bonds is 9. The quantitative estimate of drug-likeness (QED) is 0.451. The van der Waals surface area contributed by atoms with Gasteiger partial charge in [0.2, 0.25) is 15.9 Å². The second-order valence-electron chi connectivity index (χ2n) is 6.90. The van der Waals surface area contributed by atoms with Crippen LogP contribution < -0.4 is 10.2 Å². The van der Waals surface area contributed by atoms with Gasteiger partial charge in [-0.05, 0) is 53.9 Å². The smallest absolute Gasteiger partial charge is 0.387 e. The van der Waals surface area contributed by atoms with E-state index in [4.69, 9.17) is 4.74 Å². The number of nitrogens with one attached hydrogen (secondary N) is 1. The minimum absolute atomic E-state index is 0.0324. The third kappa shape index (κ3) is 6.81. The summed E-state index contributed by atoms with van der Waals surface area (Å²) in [4.78, 5) is 12.2. The highest BCUT2D eigenvalue weighted by Crippen LogP contribution is 2.18. The van der Waals surface area contributed by atoms with Crippen molar-refractivity contribution in [3.05, 3.63) is 59.7 Å². The van der Waals surface area contributed by atoms with E-state index in [9.17, 15) is 22.0 Å². The lowest BCUT2D eigenvalue weighted by atomic mass is 10.1. The Hall–Kier alpha value is -2.89. The van der Waals surface area contributed by atoms with E-state index in [0.29, 0.717) is 38.3 Å². The SMILES string of the molecule is O=C(CCc1ccc(S(=O)(=O)N2CCOCC2)cc1)N/N=C/c1ccc(OC(F)F)cc1. The molecular weight excluding hydrogens is 444 g/mol. The first-order valence-electron chi connectivity index (χ1n) is 9.88. The molecule has 1 saturated heterocycles. The van der Waals surface area contributed by atoms with Crippen molar-refractivity contribution in [1.29, 1.82) is 0 Å². The first kappa shape index (κ1) is 23.8. The first-order chi connectivity index (χ1) is 15.3. The normalized spacial score (nSPS) is 15.2. The summed E-state index contributed by atoms with van der Waals surface area (Å²) in [7, 11) is -3.55. The largest absolute Gasteiger partial charge is 0.435 e. The molecule has 2 aromatic rings. The highest BCUT2D eigenvalue weighted by molar-refractivity contribution is 7.89. The van der Waals surface area contributed by atoms with Crippen molar-refractivity contribution in [1.82, 2.24) is 9.73 Å². The summed E-state index contributed by atoms with van der Waals surface area (Å²) in [5.74, 6) is -0.283. The number of ether oxygens (including phenoxy) is 2. The Bertz CT molecular complexity index is 1020. The topological polar surface area (TPSA) is 97.3 Å². The van der Waals surface area contributed by atoms with Crippen molar-refractivity contribution < 1.29 is 31.5 Å². The summed E-state index contributed by atoms with van der Waals surface area (Å²) in [6.07, 6.45) is 1.96. The molecule has 11 heteroatoms. The summed E-state index contributed by atoms with van der Waals surface area (Å²) in [6, 6.07) is 12.3. The number of carbonyl (C=O) groups excluding carboxylic acids is 1. The molecule has 1 fully saturated rings. The molecule has 8 nitrogen and oxygen atoms in total. The van der Waals surface area contributed by atoms with Crippen LogP contribution in [0.4, 0.5) is 8.78 Å². The number of sulfonamides is 1. The van der Waals surface area contributed by atoms with Crippen molar-refractivity contribution in [3.63, 3.8) is 0 Å². The van der Waals surface area contributed by atoms with Crippen LogP contribution in [0.5, 0.6) is 5.75 Å². The lowest BCUT2D eigenvalue weighted by Crippen LogP contribution is -2.40. The van der Waals surface area contributed by atoms with Gasteiger partial charge in [0.25, 0.3) is 0 Å². The monoisotopic (exact) mass is 467 g/mol. The van der Waals surface area contributed by atoms with E-state index in [-0.39, 0.29) is 23.0 Å². The summed E-state index contributed by atoms with van der Waals surface area (Å²) in [5, 5.41) is 3.83. The average molecular weight is 467 g/mol. The highest BCUT2D eigenvalue weighted by atomic mass is 32.2. The van der Waals surface area contributed by atoms with Gasteiger partial charge in [-0.15, -0.1) is 0 Å². The maximum atomic E-state index is 12.6. The molecule has 1 heterocycles. The maximum Gasteiger partial charge on any atom is 0.387 e. The number of nitrogens with zero attached hydrogens (tertiary/aromatic N) is 2. The third-order valence-electron chi connectivity index (χ3n) is 4.68. The Labute approximate surface area is 184 Å². The fraction of sp³-hybridized carbons (Fsp3) is 0.333. The van der Waals surface area contributed by atoms with Crippen molar-refractivity contribution in [3.8, 4) is 5.75 Å². The van der Waals surface area contributed by atoms with Crippen molar-refractivity contribution in [2.24, 2.45) is 5.10 Å². The lowest BCUT2D eigenvalue weighted by molar-refractivity contribution is -0.121. The van der Waals surface area contributed by atoms with Crippen LogP contribution in [0.2, 0.25) is 0 Å². The van der Waals surface area contributed by atoms with E-state index in [1.54, 1.807) is 12.1 Å². The molecule has 0 unspecified atom stereocenters. The van der Waals surface area contributed by atoms with Crippen LogP contribution in [0.1, 0.15) is 17.5 Å². The van der Waals surface area contributed by atoms with Crippen molar-refractivity contribution in [2.45, 2.75) is 24.3 Å².